The Labute approximate surface area is 210 Å². The highest BCUT2D eigenvalue weighted by atomic mass is 35.5. The van der Waals surface area contributed by atoms with Gasteiger partial charge in [0.25, 0.3) is 5.56 Å². The van der Waals surface area contributed by atoms with E-state index in [2.05, 4.69) is 10.4 Å². The number of hydrogen-bond acceptors (Lipinski definition) is 7. The zero-order chi connectivity index (χ0) is 25.0. The third-order valence-corrected chi connectivity index (χ3v) is 8.87. The van der Waals surface area contributed by atoms with E-state index in [0.29, 0.717) is 48.8 Å². The molecule has 2 aromatic rings. The predicted molar refractivity (Wildman–Crippen MR) is 134 cm³/mol. The number of rotatable bonds is 7. The second-order valence-electron chi connectivity index (χ2n) is 8.85. The predicted octanol–water partition coefficient (Wildman–Crippen LogP) is 2.62. The Hall–Kier alpha value is -2.65. The van der Waals surface area contributed by atoms with E-state index in [1.54, 1.807) is 30.5 Å². The van der Waals surface area contributed by atoms with Crippen LogP contribution in [0.4, 0.5) is 11.4 Å². The van der Waals surface area contributed by atoms with Crippen molar-refractivity contribution in [2.75, 3.05) is 49.5 Å². The molecule has 2 aliphatic rings. The zero-order valence-electron chi connectivity index (χ0n) is 19.6. The van der Waals surface area contributed by atoms with Crippen LogP contribution in [-0.4, -0.2) is 62.4 Å². The molecule has 2 saturated heterocycles. The number of anilines is 2. The van der Waals surface area contributed by atoms with Crippen LogP contribution < -0.4 is 15.2 Å². The Morgan fingerprint density at radius 2 is 1.97 bits per heavy atom. The van der Waals surface area contributed by atoms with Crippen LogP contribution in [0.1, 0.15) is 37.3 Å². The lowest BCUT2D eigenvalue weighted by atomic mass is 10.0. The van der Waals surface area contributed by atoms with Gasteiger partial charge in [0, 0.05) is 33.3 Å². The molecule has 0 aliphatic carbocycles. The van der Waals surface area contributed by atoms with Gasteiger partial charge in [0.1, 0.15) is 5.02 Å². The van der Waals surface area contributed by atoms with Crippen LogP contribution in [0.25, 0.3) is 0 Å². The Morgan fingerprint density at radius 1 is 1.26 bits per heavy atom. The van der Waals surface area contributed by atoms with Gasteiger partial charge in [-0.05, 0) is 55.9 Å². The van der Waals surface area contributed by atoms with Gasteiger partial charge in [-0.25, -0.2) is 4.68 Å². The lowest BCUT2D eigenvalue weighted by Crippen LogP contribution is -2.47. The molecule has 0 amide bonds. The van der Waals surface area contributed by atoms with Crippen molar-refractivity contribution in [3.05, 3.63) is 51.4 Å². The summed E-state index contributed by atoms with van der Waals surface area (Å²) in [4.78, 5) is 12.9. The van der Waals surface area contributed by atoms with Crippen LogP contribution in [0.3, 0.4) is 0 Å². The fourth-order valence-electron chi connectivity index (χ4n) is 4.42. The van der Waals surface area contributed by atoms with Gasteiger partial charge in [-0.15, -0.1) is 0 Å². The van der Waals surface area contributed by atoms with E-state index in [-0.39, 0.29) is 29.7 Å². The maximum atomic E-state index is 13.1. The molecule has 0 bridgehead atoms. The van der Waals surface area contributed by atoms with Crippen molar-refractivity contribution in [1.29, 1.82) is 5.26 Å². The van der Waals surface area contributed by atoms with Gasteiger partial charge in [-0.1, -0.05) is 11.6 Å². The summed E-state index contributed by atoms with van der Waals surface area (Å²) in [6.07, 6.45) is 4.54. The van der Waals surface area contributed by atoms with Crippen LogP contribution in [0.5, 0.6) is 0 Å². The third kappa shape index (κ3) is 5.62. The lowest BCUT2D eigenvalue weighted by Gasteiger charge is -2.34. The van der Waals surface area contributed by atoms with Gasteiger partial charge >= 0.3 is 10.2 Å². The van der Waals surface area contributed by atoms with E-state index >= 15 is 0 Å². The number of nitrogens with zero attached hydrogens (tertiary/aromatic N) is 5. The highest BCUT2D eigenvalue weighted by molar-refractivity contribution is 7.90. The minimum atomic E-state index is -3.75. The van der Waals surface area contributed by atoms with Crippen molar-refractivity contribution in [3.63, 3.8) is 0 Å². The topological polar surface area (TPSA) is 121 Å². The second-order valence-corrected chi connectivity index (χ2v) is 11.2. The van der Waals surface area contributed by atoms with Crippen molar-refractivity contribution >= 4 is 33.2 Å². The van der Waals surface area contributed by atoms with E-state index in [9.17, 15) is 13.2 Å². The molecular weight excluding hydrogens is 492 g/mol. The molecule has 0 saturated carbocycles. The Morgan fingerprint density at radius 3 is 2.60 bits per heavy atom. The largest absolute Gasteiger partial charge is 0.382 e. The summed E-state index contributed by atoms with van der Waals surface area (Å²) in [6.45, 7) is 2.65. The average Bonchev–Trinajstić information content (AvgIpc) is 2.90. The molecule has 3 heterocycles. The summed E-state index contributed by atoms with van der Waals surface area (Å²) in [5.74, 6) is 0.371. The lowest BCUT2D eigenvalue weighted by molar-refractivity contribution is 0.0595. The average molecular weight is 521 g/mol. The normalized spacial score (nSPS) is 19.7. The van der Waals surface area contributed by atoms with Gasteiger partial charge in [0.2, 0.25) is 0 Å². The molecule has 2 aliphatic heterocycles. The molecule has 35 heavy (non-hydrogen) atoms. The van der Waals surface area contributed by atoms with Crippen LogP contribution in [0, 0.1) is 17.2 Å². The minimum Gasteiger partial charge on any atom is -0.382 e. The fraction of sp³-hybridized carbons (Fsp3) is 0.522. The summed E-state index contributed by atoms with van der Waals surface area (Å²) in [5.41, 5.74) is 1.05. The summed E-state index contributed by atoms with van der Waals surface area (Å²) < 4.78 is 35.7. The van der Waals surface area contributed by atoms with Gasteiger partial charge in [-0.3, -0.25) is 9.10 Å². The number of nitriles is 1. The molecule has 4 rings (SSSR count). The number of benzene rings is 1. The van der Waals surface area contributed by atoms with E-state index in [1.165, 1.54) is 20.3 Å². The number of piperidine rings is 1. The summed E-state index contributed by atoms with van der Waals surface area (Å²) in [6, 6.07) is 8.14. The van der Waals surface area contributed by atoms with Crippen molar-refractivity contribution in [3.8, 4) is 6.07 Å². The standard InChI is InChI=1S/C23H29ClN6O4S/c1-28(19-6-4-17(13-25)5-7-19)35(32,33)29-10-8-20(9-11-29)30-23(31)22(24)21(15-27-30)26-14-18-3-2-12-34-16-18/h4-7,15,18,20,26H,2-3,8-12,14,16H2,1H3/t18-/m1/s1. The first-order chi connectivity index (χ1) is 16.8. The molecule has 12 heteroatoms. The first-order valence-electron chi connectivity index (χ1n) is 11.6. The van der Waals surface area contributed by atoms with Gasteiger partial charge in [0.05, 0.1) is 41.9 Å². The number of halogens is 1. The van der Waals surface area contributed by atoms with Crippen LogP contribution in [-0.2, 0) is 14.9 Å². The van der Waals surface area contributed by atoms with E-state index in [4.69, 9.17) is 21.6 Å². The van der Waals surface area contributed by atoms with Gasteiger partial charge < -0.3 is 10.1 Å². The Bertz CT molecular complexity index is 1230. The molecule has 0 unspecified atom stereocenters. The highest BCUT2D eigenvalue weighted by Crippen LogP contribution is 2.27. The molecule has 188 valence electrons. The van der Waals surface area contributed by atoms with Crippen LogP contribution >= 0.6 is 11.6 Å². The molecule has 10 nitrogen and oxygen atoms in total. The number of ether oxygens (including phenoxy) is 1. The molecule has 0 radical (unpaired) electrons. The Balaban J connectivity index is 1.39. The summed E-state index contributed by atoms with van der Waals surface area (Å²) in [7, 11) is -2.27. The van der Waals surface area contributed by atoms with Crippen LogP contribution in [0.2, 0.25) is 5.02 Å². The third-order valence-electron chi connectivity index (χ3n) is 6.58. The van der Waals surface area contributed by atoms with Crippen molar-refractivity contribution < 1.29 is 13.2 Å². The number of hydrogen-bond donors (Lipinski definition) is 1. The quantitative estimate of drug-likeness (QED) is 0.595. The molecule has 0 spiro atoms. The Kier molecular flexibility index (Phi) is 7.96. The smallest absolute Gasteiger partial charge is 0.303 e. The van der Waals surface area contributed by atoms with Crippen molar-refractivity contribution in [1.82, 2.24) is 14.1 Å². The first kappa shape index (κ1) is 25.4. The molecule has 2 fully saturated rings. The van der Waals surface area contributed by atoms with E-state index in [0.717, 1.165) is 19.4 Å². The fourth-order valence-corrected chi connectivity index (χ4v) is 6.03. The first-order valence-corrected chi connectivity index (χ1v) is 13.4. The van der Waals surface area contributed by atoms with Gasteiger partial charge in [0.15, 0.2) is 0 Å². The van der Waals surface area contributed by atoms with Crippen molar-refractivity contribution in [2.24, 2.45) is 5.92 Å². The zero-order valence-corrected chi connectivity index (χ0v) is 21.1. The SMILES string of the molecule is CN(c1ccc(C#N)cc1)S(=O)(=O)N1CCC(n2ncc(NC[C@H]3CCCOC3)c(Cl)c2=O)CC1. The van der Waals surface area contributed by atoms with Crippen LogP contribution in [0.15, 0.2) is 35.3 Å². The van der Waals surface area contributed by atoms with E-state index < -0.39 is 10.2 Å². The molecule has 1 atom stereocenters. The maximum Gasteiger partial charge on any atom is 0.303 e. The maximum absolute atomic E-state index is 13.1. The van der Waals surface area contributed by atoms with Gasteiger partial charge in [-0.2, -0.15) is 23.1 Å². The molecule has 1 aromatic carbocycles. The minimum absolute atomic E-state index is 0.0901. The van der Waals surface area contributed by atoms with Crippen molar-refractivity contribution in [2.45, 2.75) is 31.7 Å². The molecular formula is C23H29ClN6O4S. The number of nitrogens with one attached hydrogen (secondary N) is 1. The summed E-state index contributed by atoms with van der Waals surface area (Å²) in [5, 5.41) is 16.6. The molecule has 1 N–H and O–H groups in total. The summed E-state index contributed by atoms with van der Waals surface area (Å²) >= 11 is 6.37. The number of aromatic nitrogens is 2. The molecule has 1 aromatic heterocycles. The van der Waals surface area contributed by atoms with E-state index in [1.807, 2.05) is 6.07 Å². The highest BCUT2D eigenvalue weighted by Gasteiger charge is 2.33. The second kappa shape index (κ2) is 11.0. The monoisotopic (exact) mass is 520 g/mol.